The molecule has 0 radical (unpaired) electrons. The Morgan fingerprint density at radius 3 is 2.37 bits per heavy atom. The van der Waals surface area contributed by atoms with Gasteiger partial charge in [0.05, 0.1) is 20.8 Å². The summed E-state index contributed by atoms with van der Waals surface area (Å²) in [5, 5.41) is 3.39. The summed E-state index contributed by atoms with van der Waals surface area (Å²) in [4.78, 5) is 9.47. The van der Waals surface area contributed by atoms with E-state index >= 15 is 0 Å². The summed E-state index contributed by atoms with van der Waals surface area (Å²) >= 11 is 0. The third-order valence-corrected chi connectivity index (χ3v) is 7.00. The van der Waals surface area contributed by atoms with Crippen LogP contribution in [-0.4, -0.2) is 84.0 Å². The van der Waals surface area contributed by atoms with Crippen LogP contribution in [-0.2, 0) is 17.3 Å². The van der Waals surface area contributed by atoms with Crippen molar-refractivity contribution < 1.29 is 13.7 Å². The zero-order valence-electron chi connectivity index (χ0n) is 19.4. The van der Waals surface area contributed by atoms with Crippen LogP contribution in [0.5, 0.6) is 11.5 Å². The first kappa shape index (κ1) is 24.5. The molecule has 0 saturated carbocycles. The van der Waals surface area contributed by atoms with Gasteiger partial charge in [0.2, 0.25) is 0 Å². The molecular formula is C22H38N4O3S. The number of hydrogen-bond donors (Lipinski definition) is 1. The van der Waals surface area contributed by atoms with E-state index in [4.69, 9.17) is 14.5 Å². The van der Waals surface area contributed by atoms with Gasteiger partial charge in [0, 0.05) is 60.6 Å². The molecule has 0 bridgehead atoms. The highest BCUT2D eigenvalue weighted by molar-refractivity contribution is 7.86. The Morgan fingerprint density at radius 1 is 1.13 bits per heavy atom. The zero-order chi connectivity index (χ0) is 22.1. The maximum Gasteiger partial charge on any atom is 0.194 e. The van der Waals surface area contributed by atoms with E-state index in [1.807, 2.05) is 32.9 Å². The predicted octanol–water partition coefficient (Wildman–Crippen LogP) is 2.33. The van der Waals surface area contributed by atoms with Crippen molar-refractivity contribution in [1.82, 2.24) is 15.1 Å². The quantitative estimate of drug-likeness (QED) is 0.496. The van der Waals surface area contributed by atoms with Gasteiger partial charge in [-0.05, 0) is 45.4 Å². The fourth-order valence-electron chi connectivity index (χ4n) is 3.32. The molecule has 0 amide bonds. The number of hydrogen-bond acceptors (Lipinski definition) is 5. The average molecular weight is 439 g/mol. The first-order chi connectivity index (χ1) is 14.3. The molecule has 1 aliphatic rings. The standard InChI is InChI=1S/C22H38N4O3S/c1-7-23-21(24-10-15-30(27)22(2,3)4)26-13-11-25(12-14-26)17-18-8-9-19(28-5)20(16-18)29-6/h8-9,16H,7,10-15,17H2,1-6H3,(H,23,24). The van der Waals surface area contributed by atoms with Gasteiger partial charge < -0.3 is 19.7 Å². The van der Waals surface area contributed by atoms with Gasteiger partial charge in [-0.15, -0.1) is 0 Å². The number of guanidine groups is 1. The maximum atomic E-state index is 12.3. The van der Waals surface area contributed by atoms with Gasteiger partial charge >= 0.3 is 0 Å². The van der Waals surface area contributed by atoms with Crippen LogP contribution in [0.4, 0.5) is 0 Å². The van der Waals surface area contributed by atoms with Crippen molar-refractivity contribution >= 4 is 16.8 Å². The van der Waals surface area contributed by atoms with Gasteiger partial charge in [0.1, 0.15) is 0 Å². The summed E-state index contributed by atoms with van der Waals surface area (Å²) < 4.78 is 22.8. The molecule has 0 spiro atoms. The van der Waals surface area contributed by atoms with Crippen LogP contribution in [0.15, 0.2) is 23.2 Å². The van der Waals surface area contributed by atoms with Crippen molar-refractivity contribution in [3.8, 4) is 11.5 Å². The topological polar surface area (TPSA) is 66.4 Å². The molecule has 1 N–H and O–H groups in total. The summed E-state index contributed by atoms with van der Waals surface area (Å²) in [5.41, 5.74) is 1.21. The van der Waals surface area contributed by atoms with Crippen molar-refractivity contribution in [2.45, 2.75) is 39.0 Å². The van der Waals surface area contributed by atoms with Crippen molar-refractivity contribution in [3.05, 3.63) is 23.8 Å². The predicted molar refractivity (Wildman–Crippen MR) is 125 cm³/mol. The lowest BCUT2D eigenvalue weighted by atomic mass is 10.1. The molecule has 170 valence electrons. The van der Waals surface area contributed by atoms with Crippen LogP contribution in [0.1, 0.15) is 33.3 Å². The van der Waals surface area contributed by atoms with Crippen LogP contribution in [0.2, 0.25) is 0 Å². The van der Waals surface area contributed by atoms with E-state index in [1.165, 1.54) is 5.56 Å². The first-order valence-corrected chi connectivity index (χ1v) is 11.9. The van der Waals surface area contributed by atoms with Crippen molar-refractivity contribution in [3.63, 3.8) is 0 Å². The van der Waals surface area contributed by atoms with Gasteiger partial charge in [-0.2, -0.15) is 0 Å². The number of rotatable bonds is 8. The molecule has 7 nitrogen and oxygen atoms in total. The molecule has 8 heteroatoms. The molecule has 1 atom stereocenters. The number of nitrogens with one attached hydrogen (secondary N) is 1. The Kier molecular flexibility index (Phi) is 9.42. The second-order valence-electron chi connectivity index (χ2n) is 8.35. The highest BCUT2D eigenvalue weighted by atomic mass is 32.2. The molecule has 0 aromatic heterocycles. The maximum absolute atomic E-state index is 12.3. The number of piperazine rings is 1. The molecule has 0 aliphatic carbocycles. The molecule has 2 rings (SSSR count). The molecule has 1 aromatic rings. The van der Waals surface area contributed by atoms with Gasteiger partial charge in [0.15, 0.2) is 17.5 Å². The van der Waals surface area contributed by atoms with E-state index in [-0.39, 0.29) is 4.75 Å². The number of nitrogens with zero attached hydrogens (tertiary/aromatic N) is 3. The number of methoxy groups -OCH3 is 2. The SMILES string of the molecule is CCNC(=NCCS(=O)C(C)(C)C)N1CCN(Cc2ccc(OC)c(OC)c2)CC1. The van der Waals surface area contributed by atoms with Gasteiger partial charge in [0.25, 0.3) is 0 Å². The molecule has 1 aliphatic heterocycles. The summed E-state index contributed by atoms with van der Waals surface area (Å²) in [6.45, 7) is 14.2. The summed E-state index contributed by atoms with van der Waals surface area (Å²) in [7, 11) is 2.44. The first-order valence-electron chi connectivity index (χ1n) is 10.6. The van der Waals surface area contributed by atoms with E-state index in [9.17, 15) is 4.21 Å². The van der Waals surface area contributed by atoms with Crippen molar-refractivity contribution in [1.29, 1.82) is 0 Å². The number of ether oxygens (including phenoxy) is 2. The fourth-order valence-corrected chi connectivity index (χ4v) is 4.19. The van der Waals surface area contributed by atoms with Gasteiger partial charge in [-0.25, -0.2) is 0 Å². The highest BCUT2D eigenvalue weighted by Gasteiger charge is 2.21. The van der Waals surface area contributed by atoms with Crippen LogP contribution in [0, 0.1) is 0 Å². The Hall–Kier alpha value is -1.80. The Bertz CT molecular complexity index is 726. The smallest absolute Gasteiger partial charge is 0.194 e. The van der Waals surface area contributed by atoms with Crippen LogP contribution in [0.25, 0.3) is 0 Å². The van der Waals surface area contributed by atoms with E-state index in [2.05, 4.69) is 28.1 Å². The monoisotopic (exact) mass is 438 g/mol. The van der Waals surface area contributed by atoms with E-state index in [0.717, 1.165) is 56.7 Å². The summed E-state index contributed by atoms with van der Waals surface area (Å²) in [6, 6.07) is 6.10. The molecule has 1 aromatic carbocycles. The Morgan fingerprint density at radius 2 is 1.80 bits per heavy atom. The van der Waals surface area contributed by atoms with Gasteiger partial charge in [-0.1, -0.05) is 6.07 Å². The highest BCUT2D eigenvalue weighted by Crippen LogP contribution is 2.28. The minimum atomic E-state index is -0.877. The van der Waals surface area contributed by atoms with Crippen LogP contribution in [0.3, 0.4) is 0 Å². The van der Waals surface area contributed by atoms with Crippen LogP contribution >= 0.6 is 0 Å². The van der Waals surface area contributed by atoms with Crippen molar-refractivity contribution in [2.75, 3.05) is 59.2 Å². The number of benzene rings is 1. The minimum absolute atomic E-state index is 0.191. The molecule has 1 unspecified atom stereocenters. The largest absolute Gasteiger partial charge is 0.493 e. The molecule has 1 fully saturated rings. The normalized spacial score (nSPS) is 17.0. The van der Waals surface area contributed by atoms with E-state index < -0.39 is 10.8 Å². The lowest BCUT2D eigenvalue weighted by Gasteiger charge is -2.36. The Balaban J connectivity index is 1.90. The summed E-state index contributed by atoms with van der Waals surface area (Å²) in [6.07, 6.45) is 0. The van der Waals surface area contributed by atoms with Crippen molar-refractivity contribution in [2.24, 2.45) is 4.99 Å². The molecule has 1 saturated heterocycles. The second-order valence-corrected chi connectivity index (χ2v) is 10.7. The van der Waals surface area contributed by atoms with E-state index in [1.54, 1.807) is 14.2 Å². The fraction of sp³-hybridized carbons (Fsp3) is 0.682. The second kappa shape index (κ2) is 11.6. The lowest BCUT2D eigenvalue weighted by molar-refractivity contribution is 0.172. The van der Waals surface area contributed by atoms with Crippen LogP contribution < -0.4 is 14.8 Å². The molecule has 30 heavy (non-hydrogen) atoms. The average Bonchev–Trinajstić information content (AvgIpc) is 2.72. The molecule has 1 heterocycles. The van der Waals surface area contributed by atoms with E-state index in [0.29, 0.717) is 12.3 Å². The number of aliphatic imine (C=N–C) groups is 1. The minimum Gasteiger partial charge on any atom is -0.493 e. The summed E-state index contributed by atoms with van der Waals surface area (Å²) in [5.74, 6) is 3.04. The Labute approximate surface area is 184 Å². The third kappa shape index (κ3) is 7.16. The third-order valence-electron chi connectivity index (χ3n) is 5.08. The molecular weight excluding hydrogens is 400 g/mol. The zero-order valence-corrected chi connectivity index (χ0v) is 20.2. The van der Waals surface area contributed by atoms with Gasteiger partial charge in [-0.3, -0.25) is 14.1 Å². The lowest BCUT2D eigenvalue weighted by Crippen LogP contribution is -2.52.